The number of carbonyl (C=O) groups excluding carboxylic acids is 1. The molecule has 2 aliphatic rings. The van der Waals surface area contributed by atoms with Gasteiger partial charge in [-0.25, -0.2) is 4.39 Å². The van der Waals surface area contributed by atoms with Crippen LogP contribution in [0.1, 0.15) is 18.4 Å². The minimum absolute atomic E-state index is 0.0406. The molecule has 4 heteroatoms. The minimum Gasteiger partial charge on any atom is -0.476 e. The Labute approximate surface area is 98.5 Å². The van der Waals surface area contributed by atoms with Crippen LogP contribution in [0.5, 0.6) is 5.75 Å². The molecule has 90 valence electrons. The van der Waals surface area contributed by atoms with Crippen molar-refractivity contribution in [2.24, 2.45) is 0 Å². The van der Waals surface area contributed by atoms with E-state index >= 15 is 0 Å². The molecule has 2 aliphatic heterocycles. The lowest BCUT2D eigenvalue weighted by molar-refractivity contribution is -0.144. The molecule has 3 rings (SSSR count). The summed E-state index contributed by atoms with van der Waals surface area (Å²) in [5.41, 5.74) is -0.208. The van der Waals surface area contributed by atoms with E-state index in [-0.39, 0.29) is 23.8 Å². The lowest BCUT2D eigenvalue weighted by Gasteiger charge is -2.39. The topological polar surface area (TPSA) is 35.5 Å². The molecule has 1 saturated heterocycles. The first-order valence-corrected chi connectivity index (χ1v) is 5.79. The van der Waals surface area contributed by atoms with E-state index in [4.69, 9.17) is 9.47 Å². The Kier molecular flexibility index (Phi) is 2.40. The summed E-state index contributed by atoms with van der Waals surface area (Å²) in [4.78, 5) is 12.1. The van der Waals surface area contributed by atoms with Gasteiger partial charge in [-0.05, 0) is 6.07 Å². The smallest absolute Gasteiger partial charge is 0.181 e. The summed E-state index contributed by atoms with van der Waals surface area (Å²) in [5, 5.41) is 0. The lowest BCUT2D eigenvalue weighted by atomic mass is 9.83. The largest absolute Gasteiger partial charge is 0.476 e. The highest BCUT2D eigenvalue weighted by Gasteiger charge is 2.45. The number of hydrogen-bond acceptors (Lipinski definition) is 3. The Morgan fingerprint density at radius 2 is 2.00 bits per heavy atom. The van der Waals surface area contributed by atoms with Crippen molar-refractivity contribution in [1.82, 2.24) is 0 Å². The van der Waals surface area contributed by atoms with Gasteiger partial charge in [0.25, 0.3) is 0 Å². The summed E-state index contributed by atoms with van der Waals surface area (Å²) in [6, 6.07) is 4.71. The lowest BCUT2D eigenvalue weighted by Crippen LogP contribution is -2.52. The van der Waals surface area contributed by atoms with E-state index < -0.39 is 5.60 Å². The number of Topliss-reactive ketones (excluding diaryl/α,β-unsaturated/α-hetero) is 1. The first-order valence-electron chi connectivity index (χ1n) is 5.79. The van der Waals surface area contributed by atoms with Gasteiger partial charge in [-0.2, -0.15) is 0 Å². The van der Waals surface area contributed by atoms with Gasteiger partial charge in [0.15, 0.2) is 23.0 Å². The number of carbonyl (C=O) groups is 1. The summed E-state index contributed by atoms with van der Waals surface area (Å²) in [5.74, 6) is -0.103. The van der Waals surface area contributed by atoms with Gasteiger partial charge in [0.2, 0.25) is 0 Å². The third-order valence-electron chi connectivity index (χ3n) is 3.51. The summed E-state index contributed by atoms with van der Waals surface area (Å²) >= 11 is 0. The zero-order valence-corrected chi connectivity index (χ0v) is 9.37. The van der Waals surface area contributed by atoms with Crippen molar-refractivity contribution in [3.8, 4) is 5.75 Å². The second kappa shape index (κ2) is 3.81. The van der Waals surface area contributed by atoms with Gasteiger partial charge in [0.1, 0.15) is 0 Å². The second-order valence-corrected chi connectivity index (χ2v) is 4.54. The molecule has 0 unspecified atom stereocenters. The molecule has 3 nitrogen and oxygen atoms in total. The van der Waals surface area contributed by atoms with Crippen molar-refractivity contribution in [1.29, 1.82) is 0 Å². The SMILES string of the molecule is O=C1Cc2cccc(F)c2OC12CCOCC2. The molecule has 0 radical (unpaired) electrons. The maximum Gasteiger partial charge on any atom is 0.181 e. The maximum atomic E-state index is 13.7. The fourth-order valence-electron chi connectivity index (χ4n) is 2.48. The number of ketones is 1. The first kappa shape index (κ1) is 10.7. The van der Waals surface area contributed by atoms with Crippen molar-refractivity contribution in [3.05, 3.63) is 29.6 Å². The van der Waals surface area contributed by atoms with Gasteiger partial charge in [-0.15, -0.1) is 0 Å². The highest BCUT2D eigenvalue weighted by molar-refractivity contribution is 5.91. The Bertz CT molecular complexity index is 464. The van der Waals surface area contributed by atoms with Gasteiger partial charge in [-0.1, -0.05) is 12.1 Å². The van der Waals surface area contributed by atoms with Gasteiger partial charge in [0, 0.05) is 24.8 Å². The van der Waals surface area contributed by atoms with Gasteiger partial charge >= 0.3 is 0 Å². The van der Waals surface area contributed by atoms with E-state index in [0.717, 1.165) is 0 Å². The number of ether oxygens (including phenoxy) is 2. The van der Waals surface area contributed by atoms with Crippen molar-refractivity contribution in [2.75, 3.05) is 13.2 Å². The maximum absolute atomic E-state index is 13.7. The number of hydrogen-bond donors (Lipinski definition) is 0. The van der Waals surface area contributed by atoms with Crippen LogP contribution in [0.2, 0.25) is 0 Å². The standard InChI is InChI=1S/C13H13FO3/c14-10-3-1-2-9-8-11(15)13(17-12(9)10)4-6-16-7-5-13/h1-3H,4-8H2. The van der Waals surface area contributed by atoms with E-state index in [1.54, 1.807) is 12.1 Å². The molecule has 1 fully saturated rings. The molecule has 1 aromatic carbocycles. The molecule has 2 heterocycles. The Hall–Kier alpha value is -1.42. The number of para-hydroxylation sites is 1. The van der Waals surface area contributed by atoms with E-state index in [2.05, 4.69) is 0 Å². The van der Waals surface area contributed by atoms with Crippen LogP contribution < -0.4 is 4.74 Å². The average molecular weight is 236 g/mol. The third-order valence-corrected chi connectivity index (χ3v) is 3.51. The highest BCUT2D eigenvalue weighted by atomic mass is 19.1. The normalized spacial score (nSPS) is 22.1. The number of fused-ring (bicyclic) bond motifs is 1. The van der Waals surface area contributed by atoms with Crippen molar-refractivity contribution < 1.29 is 18.7 Å². The van der Waals surface area contributed by atoms with E-state index in [1.807, 2.05) is 0 Å². The molecule has 0 N–H and O–H groups in total. The predicted octanol–water partition coefficient (Wildman–Crippen LogP) is 1.88. The molecule has 1 spiro atoms. The van der Waals surface area contributed by atoms with Crippen LogP contribution in [0.3, 0.4) is 0 Å². The average Bonchev–Trinajstić information content (AvgIpc) is 2.34. The van der Waals surface area contributed by atoms with E-state index in [0.29, 0.717) is 31.6 Å². The summed E-state index contributed by atoms with van der Waals surface area (Å²) in [7, 11) is 0. The quantitative estimate of drug-likeness (QED) is 0.690. The molecule has 0 saturated carbocycles. The summed E-state index contributed by atoms with van der Waals surface area (Å²) < 4.78 is 24.6. The first-order chi connectivity index (χ1) is 8.21. The van der Waals surface area contributed by atoms with Gasteiger partial charge < -0.3 is 9.47 Å². The molecule has 1 aromatic rings. The third kappa shape index (κ3) is 1.63. The van der Waals surface area contributed by atoms with Crippen molar-refractivity contribution in [2.45, 2.75) is 24.9 Å². The van der Waals surface area contributed by atoms with Crippen LogP contribution in [-0.2, 0) is 16.0 Å². The molecule has 0 atom stereocenters. The Balaban J connectivity index is 2.01. The zero-order valence-electron chi connectivity index (χ0n) is 9.37. The zero-order chi connectivity index (χ0) is 11.9. The molecule has 0 bridgehead atoms. The van der Waals surface area contributed by atoms with Crippen LogP contribution in [-0.4, -0.2) is 24.6 Å². The Morgan fingerprint density at radius 1 is 1.24 bits per heavy atom. The van der Waals surface area contributed by atoms with Crippen LogP contribution in [0.15, 0.2) is 18.2 Å². The second-order valence-electron chi connectivity index (χ2n) is 4.54. The number of rotatable bonds is 0. The molecule has 0 aliphatic carbocycles. The fraction of sp³-hybridized carbons (Fsp3) is 0.462. The van der Waals surface area contributed by atoms with Crippen molar-refractivity contribution in [3.63, 3.8) is 0 Å². The van der Waals surface area contributed by atoms with Crippen LogP contribution in [0, 0.1) is 5.82 Å². The van der Waals surface area contributed by atoms with Crippen LogP contribution >= 0.6 is 0 Å². The van der Waals surface area contributed by atoms with Crippen LogP contribution in [0.25, 0.3) is 0 Å². The number of halogens is 1. The number of benzene rings is 1. The Morgan fingerprint density at radius 3 is 2.76 bits per heavy atom. The molecule has 0 aromatic heterocycles. The van der Waals surface area contributed by atoms with E-state index in [9.17, 15) is 9.18 Å². The fourth-order valence-corrected chi connectivity index (χ4v) is 2.48. The molecule has 17 heavy (non-hydrogen) atoms. The molecular weight excluding hydrogens is 223 g/mol. The molecular formula is C13H13FO3. The molecule has 0 amide bonds. The predicted molar refractivity (Wildman–Crippen MR) is 58.5 cm³/mol. The van der Waals surface area contributed by atoms with Gasteiger partial charge in [0.05, 0.1) is 13.2 Å². The van der Waals surface area contributed by atoms with Crippen molar-refractivity contribution >= 4 is 5.78 Å². The van der Waals surface area contributed by atoms with Gasteiger partial charge in [-0.3, -0.25) is 4.79 Å². The highest BCUT2D eigenvalue weighted by Crippen LogP contribution is 2.38. The summed E-state index contributed by atoms with van der Waals surface area (Å²) in [6.07, 6.45) is 1.28. The monoisotopic (exact) mass is 236 g/mol. The van der Waals surface area contributed by atoms with E-state index in [1.165, 1.54) is 6.07 Å². The summed E-state index contributed by atoms with van der Waals surface area (Å²) in [6.45, 7) is 0.991. The van der Waals surface area contributed by atoms with Crippen LogP contribution in [0.4, 0.5) is 4.39 Å². The minimum atomic E-state index is -0.854.